The highest BCUT2D eigenvalue weighted by atomic mass is 19.1. The summed E-state index contributed by atoms with van der Waals surface area (Å²) in [6.45, 7) is 5.18. The highest BCUT2D eigenvalue weighted by Gasteiger charge is 2.22. The minimum atomic E-state index is -0.569. The van der Waals surface area contributed by atoms with Gasteiger partial charge in [0.15, 0.2) is 0 Å². The van der Waals surface area contributed by atoms with Crippen LogP contribution in [0.5, 0.6) is 0 Å². The fourth-order valence-electron chi connectivity index (χ4n) is 2.59. The average molecular weight is 267 g/mol. The van der Waals surface area contributed by atoms with Gasteiger partial charge in [0.25, 0.3) is 0 Å². The quantitative estimate of drug-likeness (QED) is 0.889. The summed E-state index contributed by atoms with van der Waals surface area (Å²) in [6, 6.07) is 6.06. The van der Waals surface area contributed by atoms with Crippen LogP contribution in [0.15, 0.2) is 24.3 Å². The van der Waals surface area contributed by atoms with Gasteiger partial charge in [0.2, 0.25) is 0 Å². The van der Waals surface area contributed by atoms with Gasteiger partial charge in [-0.3, -0.25) is 4.90 Å². The van der Waals surface area contributed by atoms with Crippen LogP contribution in [0.25, 0.3) is 0 Å². The molecule has 0 bridgehead atoms. The van der Waals surface area contributed by atoms with Crippen LogP contribution in [0.3, 0.4) is 0 Å². The summed E-state index contributed by atoms with van der Waals surface area (Å²) in [5.41, 5.74) is 0.764. The maximum atomic E-state index is 12.8. The van der Waals surface area contributed by atoms with E-state index in [1.54, 1.807) is 12.1 Å². The number of β-amino-alcohol motifs (C(OH)–C–C–N with tert-alkyl or cyclic N) is 1. The molecule has 1 aromatic rings. The zero-order chi connectivity index (χ0) is 13.7. The molecule has 0 radical (unpaired) electrons. The molecule has 0 aliphatic carbocycles. The van der Waals surface area contributed by atoms with E-state index in [4.69, 9.17) is 4.74 Å². The number of benzene rings is 1. The molecular weight excluding hydrogens is 245 g/mol. The van der Waals surface area contributed by atoms with Gasteiger partial charge in [-0.25, -0.2) is 4.39 Å². The first-order valence-corrected chi connectivity index (χ1v) is 6.96. The Morgan fingerprint density at radius 2 is 2.16 bits per heavy atom. The van der Waals surface area contributed by atoms with E-state index in [1.807, 2.05) is 6.92 Å². The molecule has 0 spiro atoms. The Morgan fingerprint density at radius 3 is 2.84 bits per heavy atom. The SMILES string of the molecule is CCOC1CCCN(CC(O)c2ccc(F)cc2)C1. The number of ether oxygens (including phenoxy) is 1. The maximum absolute atomic E-state index is 12.8. The van der Waals surface area contributed by atoms with Crippen LogP contribution in [0.1, 0.15) is 31.4 Å². The topological polar surface area (TPSA) is 32.7 Å². The summed E-state index contributed by atoms with van der Waals surface area (Å²) in [7, 11) is 0. The molecule has 1 N–H and O–H groups in total. The van der Waals surface area contributed by atoms with E-state index in [2.05, 4.69) is 4.90 Å². The molecule has 0 saturated carbocycles. The summed E-state index contributed by atoms with van der Waals surface area (Å²) < 4.78 is 18.5. The van der Waals surface area contributed by atoms with Crippen molar-refractivity contribution in [1.29, 1.82) is 0 Å². The van der Waals surface area contributed by atoms with Crippen molar-refractivity contribution in [2.45, 2.75) is 32.0 Å². The lowest BCUT2D eigenvalue weighted by Crippen LogP contribution is -2.41. The van der Waals surface area contributed by atoms with Crippen LogP contribution in [-0.2, 0) is 4.74 Å². The van der Waals surface area contributed by atoms with E-state index in [0.717, 1.165) is 38.1 Å². The number of nitrogens with zero attached hydrogens (tertiary/aromatic N) is 1. The molecule has 1 heterocycles. The molecule has 4 heteroatoms. The predicted octanol–water partition coefficient (Wildman–Crippen LogP) is 2.36. The normalized spacial score (nSPS) is 22.4. The average Bonchev–Trinajstić information content (AvgIpc) is 2.40. The summed E-state index contributed by atoms with van der Waals surface area (Å²) in [5.74, 6) is -0.273. The summed E-state index contributed by atoms with van der Waals surface area (Å²) in [4.78, 5) is 2.22. The minimum absolute atomic E-state index is 0.273. The van der Waals surface area contributed by atoms with Gasteiger partial charge in [0.05, 0.1) is 12.2 Å². The van der Waals surface area contributed by atoms with Gasteiger partial charge >= 0.3 is 0 Å². The number of piperidine rings is 1. The standard InChI is InChI=1S/C15H22FNO2/c1-2-19-14-4-3-9-17(10-14)11-15(18)12-5-7-13(16)8-6-12/h5-8,14-15,18H,2-4,9-11H2,1H3. The third-order valence-electron chi connectivity index (χ3n) is 3.55. The summed E-state index contributed by atoms with van der Waals surface area (Å²) in [5, 5.41) is 10.2. The molecule has 1 saturated heterocycles. The predicted molar refractivity (Wildman–Crippen MR) is 72.4 cm³/mol. The number of aliphatic hydroxyl groups excluding tert-OH is 1. The second-order valence-corrected chi connectivity index (χ2v) is 5.05. The van der Waals surface area contributed by atoms with Crippen molar-refractivity contribution in [3.8, 4) is 0 Å². The Bertz CT molecular complexity index is 380. The number of likely N-dealkylation sites (tertiary alicyclic amines) is 1. The van der Waals surface area contributed by atoms with Crippen LogP contribution < -0.4 is 0 Å². The molecule has 0 amide bonds. The molecule has 1 aliphatic rings. The van der Waals surface area contributed by atoms with Gasteiger partial charge in [0.1, 0.15) is 5.82 Å². The first kappa shape index (κ1) is 14.4. The van der Waals surface area contributed by atoms with Gasteiger partial charge in [0, 0.05) is 19.7 Å². The van der Waals surface area contributed by atoms with Gasteiger partial charge in [-0.2, -0.15) is 0 Å². The van der Waals surface area contributed by atoms with Crippen molar-refractivity contribution in [3.05, 3.63) is 35.6 Å². The molecule has 1 fully saturated rings. The van der Waals surface area contributed by atoms with Crippen LogP contribution in [0.4, 0.5) is 4.39 Å². The molecule has 0 aromatic heterocycles. The van der Waals surface area contributed by atoms with Gasteiger partial charge in [-0.1, -0.05) is 12.1 Å². The minimum Gasteiger partial charge on any atom is -0.387 e. The van der Waals surface area contributed by atoms with Gasteiger partial charge < -0.3 is 9.84 Å². The zero-order valence-electron chi connectivity index (χ0n) is 11.4. The number of hydrogen-bond acceptors (Lipinski definition) is 3. The fraction of sp³-hybridized carbons (Fsp3) is 0.600. The third kappa shape index (κ3) is 4.27. The second kappa shape index (κ2) is 6.98. The number of aliphatic hydroxyl groups is 1. The Balaban J connectivity index is 1.87. The van der Waals surface area contributed by atoms with Gasteiger partial charge in [-0.15, -0.1) is 0 Å². The highest BCUT2D eigenvalue weighted by Crippen LogP contribution is 2.19. The van der Waals surface area contributed by atoms with Crippen molar-refractivity contribution in [1.82, 2.24) is 4.90 Å². The van der Waals surface area contributed by atoms with E-state index in [0.29, 0.717) is 6.54 Å². The molecule has 3 nitrogen and oxygen atoms in total. The summed E-state index contributed by atoms with van der Waals surface area (Å²) >= 11 is 0. The van der Waals surface area contributed by atoms with Crippen molar-refractivity contribution < 1.29 is 14.2 Å². The molecule has 19 heavy (non-hydrogen) atoms. The largest absolute Gasteiger partial charge is 0.387 e. The zero-order valence-corrected chi connectivity index (χ0v) is 11.4. The maximum Gasteiger partial charge on any atom is 0.123 e. The van der Waals surface area contributed by atoms with Crippen molar-refractivity contribution in [2.24, 2.45) is 0 Å². The van der Waals surface area contributed by atoms with Gasteiger partial charge in [-0.05, 0) is 44.0 Å². The number of hydrogen-bond donors (Lipinski definition) is 1. The first-order chi connectivity index (χ1) is 9.19. The van der Waals surface area contributed by atoms with Crippen molar-refractivity contribution in [3.63, 3.8) is 0 Å². The summed E-state index contributed by atoms with van der Waals surface area (Å²) in [6.07, 6.45) is 1.90. The molecule has 2 unspecified atom stereocenters. The van der Waals surface area contributed by atoms with E-state index < -0.39 is 6.10 Å². The highest BCUT2D eigenvalue weighted by molar-refractivity contribution is 5.18. The smallest absolute Gasteiger partial charge is 0.123 e. The lowest BCUT2D eigenvalue weighted by molar-refractivity contribution is -0.00706. The Hall–Kier alpha value is -0.970. The second-order valence-electron chi connectivity index (χ2n) is 5.05. The Kier molecular flexibility index (Phi) is 5.31. The van der Waals surface area contributed by atoms with Crippen LogP contribution in [0.2, 0.25) is 0 Å². The third-order valence-corrected chi connectivity index (χ3v) is 3.55. The fourth-order valence-corrected chi connectivity index (χ4v) is 2.59. The molecular formula is C15H22FNO2. The van der Waals surface area contributed by atoms with E-state index in [-0.39, 0.29) is 11.9 Å². The Labute approximate surface area is 114 Å². The lowest BCUT2D eigenvalue weighted by atomic mass is 10.1. The Morgan fingerprint density at radius 1 is 1.42 bits per heavy atom. The van der Waals surface area contributed by atoms with E-state index in [9.17, 15) is 9.50 Å². The van der Waals surface area contributed by atoms with E-state index in [1.165, 1.54) is 12.1 Å². The molecule has 1 aliphatic heterocycles. The van der Waals surface area contributed by atoms with Crippen LogP contribution in [-0.4, -0.2) is 42.4 Å². The number of rotatable bonds is 5. The monoisotopic (exact) mass is 267 g/mol. The van der Waals surface area contributed by atoms with Crippen molar-refractivity contribution in [2.75, 3.05) is 26.2 Å². The lowest BCUT2D eigenvalue weighted by Gasteiger charge is -2.33. The molecule has 106 valence electrons. The van der Waals surface area contributed by atoms with Crippen molar-refractivity contribution >= 4 is 0 Å². The van der Waals surface area contributed by atoms with E-state index >= 15 is 0 Å². The van der Waals surface area contributed by atoms with Crippen LogP contribution >= 0.6 is 0 Å². The molecule has 2 atom stereocenters. The van der Waals surface area contributed by atoms with Crippen LogP contribution in [0, 0.1) is 5.82 Å². The molecule has 2 rings (SSSR count). The number of halogens is 1. The first-order valence-electron chi connectivity index (χ1n) is 6.96. The molecule has 1 aromatic carbocycles.